The average molecular weight is 356 g/mol. The number of aromatic nitrogens is 1. The molecule has 0 saturated carbocycles. The van der Waals surface area contributed by atoms with Gasteiger partial charge in [-0.15, -0.1) is 0 Å². The molecule has 20 heavy (non-hydrogen) atoms. The number of halogens is 1. The zero-order valence-corrected chi connectivity index (χ0v) is 13.2. The van der Waals surface area contributed by atoms with E-state index >= 15 is 0 Å². The molecule has 0 fully saturated rings. The van der Waals surface area contributed by atoms with Crippen molar-refractivity contribution >= 4 is 31.6 Å². The molecule has 1 aromatic carbocycles. The first-order chi connectivity index (χ1) is 9.44. The maximum absolute atomic E-state index is 12.4. The van der Waals surface area contributed by atoms with Crippen molar-refractivity contribution in [2.75, 3.05) is 4.72 Å². The molecule has 2 aromatic rings. The van der Waals surface area contributed by atoms with E-state index in [1.165, 1.54) is 12.3 Å². The molecule has 7 heteroatoms. The molecule has 3 N–H and O–H groups in total. The Balaban J connectivity index is 2.39. The van der Waals surface area contributed by atoms with Crippen LogP contribution in [0.3, 0.4) is 0 Å². The van der Waals surface area contributed by atoms with Gasteiger partial charge < -0.3 is 5.73 Å². The van der Waals surface area contributed by atoms with Gasteiger partial charge in [0.05, 0.1) is 11.9 Å². The van der Waals surface area contributed by atoms with Gasteiger partial charge in [-0.2, -0.15) is 0 Å². The highest BCUT2D eigenvalue weighted by atomic mass is 79.9. The van der Waals surface area contributed by atoms with Crippen LogP contribution in [0.2, 0.25) is 0 Å². The standard InChI is InChI=1S/C13H14BrN3O2S/c1-9-4-5-16-8-12(9)17-20(18,19)13-3-2-10(7-15)6-11(13)14/h2-6,8,17H,7,15H2,1H3. The third-order valence-electron chi connectivity index (χ3n) is 2.80. The Morgan fingerprint density at radius 1 is 1.35 bits per heavy atom. The lowest BCUT2D eigenvalue weighted by atomic mass is 10.2. The van der Waals surface area contributed by atoms with E-state index in [1.807, 2.05) is 6.92 Å². The van der Waals surface area contributed by atoms with Crippen molar-refractivity contribution in [2.24, 2.45) is 5.73 Å². The maximum Gasteiger partial charge on any atom is 0.263 e. The summed E-state index contributed by atoms with van der Waals surface area (Å²) in [5.74, 6) is 0. The van der Waals surface area contributed by atoms with Crippen LogP contribution in [0.1, 0.15) is 11.1 Å². The third-order valence-corrected chi connectivity index (χ3v) is 5.15. The number of rotatable bonds is 4. The predicted octanol–water partition coefficient (Wildman–Crippen LogP) is 2.41. The molecule has 0 amide bonds. The molecule has 0 bridgehead atoms. The molecular weight excluding hydrogens is 342 g/mol. The second-order valence-electron chi connectivity index (χ2n) is 4.26. The largest absolute Gasteiger partial charge is 0.326 e. The summed E-state index contributed by atoms with van der Waals surface area (Å²) in [6.45, 7) is 2.17. The lowest BCUT2D eigenvalue weighted by molar-refractivity contribution is 0.600. The fourth-order valence-corrected chi connectivity index (χ4v) is 3.90. The number of nitrogens with one attached hydrogen (secondary N) is 1. The Morgan fingerprint density at radius 3 is 2.70 bits per heavy atom. The summed E-state index contributed by atoms with van der Waals surface area (Å²) in [7, 11) is -3.67. The van der Waals surface area contributed by atoms with Crippen LogP contribution in [-0.4, -0.2) is 13.4 Å². The zero-order valence-electron chi connectivity index (χ0n) is 10.8. The minimum absolute atomic E-state index is 0.165. The SMILES string of the molecule is Cc1ccncc1NS(=O)(=O)c1ccc(CN)cc1Br. The van der Waals surface area contributed by atoms with Crippen LogP contribution in [0.5, 0.6) is 0 Å². The number of hydrogen-bond acceptors (Lipinski definition) is 4. The van der Waals surface area contributed by atoms with Crippen molar-refractivity contribution in [1.29, 1.82) is 0 Å². The van der Waals surface area contributed by atoms with Gasteiger partial charge in [0.2, 0.25) is 0 Å². The molecular formula is C13H14BrN3O2S. The quantitative estimate of drug-likeness (QED) is 0.881. The van der Waals surface area contributed by atoms with Gasteiger partial charge in [-0.25, -0.2) is 8.42 Å². The van der Waals surface area contributed by atoms with Crippen LogP contribution in [0.15, 0.2) is 46.0 Å². The molecule has 1 aromatic heterocycles. The Bertz CT molecular complexity index is 732. The maximum atomic E-state index is 12.4. The van der Waals surface area contributed by atoms with E-state index in [2.05, 4.69) is 25.6 Å². The van der Waals surface area contributed by atoms with Gasteiger partial charge >= 0.3 is 0 Å². The fourth-order valence-electron chi connectivity index (χ4n) is 1.66. The van der Waals surface area contributed by atoms with Gasteiger partial charge in [-0.1, -0.05) is 6.07 Å². The van der Waals surface area contributed by atoms with Crippen molar-refractivity contribution in [3.8, 4) is 0 Å². The van der Waals surface area contributed by atoms with Crippen molar-refractivity contribution < 1.29 is 8.42 Å². The van der Waals surface area contributed by atoms with E-state index in [0.717, 1.165) is 11.1 Å². The second-order valence-corrected chi connectivity index (χ2v) is 6.77. The molecule has 2 rings (SSSR count). The van der Waals surface area contributed by atoms with Gasteiger partial charge in [-0.05, 0) is 52.2 Å². The molecule has 0 aliphatic rings. The van der Waals surface area contributed by atoms with E-state index in [1.54, 1.807) is 24.4 Å². The molecule has 0 saturated heterocycles. The molecule has 0 spiro atoms. The summed E-state index contributed by atoms with van der Waals surface area (Å²) >= 11 is 3.27. The molecule has 1 heterocycles. The van der Waals surface area contributed by atoms with Gasteiger partial charge in [0.1, 0.15) is 4.90 Å². The minimum atomic E-state index is -3.67. The van der Waals surface area contributed by atoms with Crippen LogP contribution in [-0.2, 0) is 16.6 Å². The Kier molecular flexibility index (Phi) is 4.42. The van der Waals surface area contributed by atoms with Crippen molar-refractivity contribution in [3.05, 3.63) is 52.3 Å². The summed E-state index contributed by atoms with van der Waals surface area (Å²) in [5.41, 5.74) is 7.65. The van der Waals surface area contributed by atoms with Gasteiger partial charge in [0.25, 0.3) is 10.0 Å². The van der Waals surface area contributed by atoms with E-state index in [9.17, 15) is 8.42 Å². The predicted molar refractivity (Wildman–Crippen MR) is 81.8 cm³/mol. The van der Waals surface area contributed by atoms with Crippen molar-refractivity contribution in [2.45, 2.75) is 18.4 Å². The monoisotopic (exact) mass is 355 g/mol. The lowest BCUT2D eigenvalue weighted by Gasteiger charge is -2.11. The number of sulfonamides is 1. The highest BCUT2D eigenvalue weighted by Gasteiger charge is 2.18. The summed E-state index contributed by atoms with van der Waals surface area (Å²) in [4.78, 5) is 4.08. The van der Waals surface area contributed by atoms with Crippen LogP contribution in [0, 0.1) is 6.92 Å². The topological polar surface area (TPSA) is 85.1 Å². The number of nitrogens with two attached hydrogens (primary N) is 1. The smallest absolute Gasteiger partial charge is 0.263 e. The van der Waals surface area contributed by atoms with Gasteiger partial charge in [-0.3, -0.25) is 9.71 Å². The zero-order chi connectivity index (χ0) is 14.8. The number of aryl methyl sites for hydroxylation is 1. The number of hydrogen-bond donors (Lipinski definition) is 2. The van der Waals surface area contributed by atoms with Gasteiger partial charge in [0, 0.05) is 17.2 Å². The summed E-state index contributed by atoms with van der Waals surface area (Å²) < 4.78 is 27.8. The first-order valence-electron chi connectivity index (χ1n) is 5.86. The van der Waals surface area contributed by atoms with Gasteiger partial charge in [0.15, 0.2) is 0 Å². The summed E-state index contributed by atoms with van der Waals surface area (Å²) in [5, 5.41) is 0. The van der Waals surface area contributed by atoms with Crippen LogP contribution < -0.4 is 10.5 Å². The first kappa shape index (κ1) is 15.0. The highest BCUT2D eigenvalue weighted by molar-refractivity contribution is 9.10. The number of benzene rings is 1. The molecule has 106 valence electrons. The molecule has 0 atom stereocenters. The molecule has 0 unspecified atom stereocenters. The highest BCUT2D eigenvalue weighted by Crippen LogP contribution is 2.26. The lowest BCUT2D eigenvalue weighted by Crippen LogP contribution is -2.14. The third kappa shape index (κ3) is 3.17. The van der Waals surface area contributed by atoms with Crippen LogP contribution in [0.25, 0.3) is 0 Å². The fraction of sp³-hybridized carbons (Fsp3) is 0.154. The Labute approximate surface area is 126 Å². The van der Waals surface area contributed by atoms with Crippen molar-refractivity contribution in [1.82, 2.24) is 4.98 Å². The molecule has 5 nitrogen and oxygen atoms in total. The minimum Gasteiger partial charge on any atom is -0.326 e. The molecule has 0 aliphatic heterocycles. The van der Waals surface area contributed by atoms with Crippen LogP contribution in [0.4, 0.5) is 5.69 Å². The number of nitrogens with zero attached hydrogens (tertiary/aromatic N) is 1. The van der Waals surface area contributed by atoms with Crippen LogP contribution >= 0.6 is 15.9 Å². The summed E-state index contributed by atoms with van der Waals surface area (Å²) in [6, 6.07) is 6.66. The normalized spacial score (nSPS) is 11.3. The van der Waals surface area contributed by atoms with Crippen molar-refractivity contribution in [3.63, 3.8) is 0 Å². The Hall–Kier alpha value is -1.44. The number of pyridine rings is 1. The molecule has 0 radical (unpaired) electrons. The van der Waals surface area contributed by atoms with E-state index < -0.39 is 10.0 Å². The summed E-state index contributed by atoms with van der Waals surface area (Å²) in [6.07, 6.45) is 3.09. The average Bonchev–Trinajstić information content (AvgIpc) is 2.40. The molecule has 0 aliphatic carbocycles. The van der Waals surface area contributed by atoms with E-state index in [0.29, 0.717) is 16.7 Å². The first-order valence-corrected chi connectivity index (χ1v) is 8.13. The number of anilines is 1. The second kappa shape index (κ2) is 5.90. The Morgan fingerprint density at radius 2 is 2.10 bits per heavy atom. The van der Waals surface area contributed by atoms with E-state index in [4.69, 9.17) is 5.73 Å². The van der Waals surface area contributed by atoms with E-state index in [-0.39, 0.29) is 4.90 Å².